The molecule has 2 N–H and O–H groups in total. The van der Waals surface area contributed by atoms with Gasteiger partial charge in [0.2, 0.25) is 10.0 Å². The first kappa shape index (κ1) is 14.2. The van der Waals surface area contributed by atoms with Gasteiger partial charge >= 0.3 is 5.97 Å². The summed E-state index contributed by atoms with van der Waals surface area (Å²) in [4.78, 5) is 11.0. The maximum atomic E-state index is 12.9. The number of aromatic hydroxyl groups is 1. The number of sulfonamides is 1. The fourth-order valence-corrected chi connectivity index (χ4v) is 2.12. The molecule has 0 fully saturated rings. The van der Waals surface area contributed by atoms with Crippen LogP contribution in [-0.4, -0.2) is 31.9 Å². The van der Waals surface area contributed by atoms with Gasteiger partial charge in [0.05, 0.1) is 12.3 Å². The van der Waals surface area contributed by atoms with Crippen LogP contribution in [0, 0.1) is 5.82 Å². The molecular formula is C10H12FNO5S. The molecule has 0 aliphatic rings. The van der Waals surface area contributed by atoms with Crippen LogP contribution in [0.2, 0.25) is 0 Å². The molecular weight excluding hydrogens is 265 g/mol. The van der Waals surface area contributed by atoms with Crippen LogP contribution in [0.25, 0.3) is 0 Å². The number of rotatable bonds is 5. The summed E-state index contributed by atoms with van der Waals surface area (Å²) in [7, 11) is -4.05. The van der Waals surface area contributed by atoms with Crippen LogP contribution in [0.15, 0.2) is 18.2 Å². The number of hydrogen-bond acceptors (Lipinski definition) is 5. The van der Waals surface area contributed by atoms with Crippen molar-refractivity contribution in [1.82, 2.24) is 0 Å². The van der Waals surface area contributed by atoms with Crippen molar-refractivity contribution in [1.29, 1.82) is 0 Å². The fraction of sp³-hybridized carbons (Fsp3) is 0.300. The predicted molar refractivity (Wildman–Crippen MR) is 62.1 cm³/mol. The molecule has 0 aliphatic heterocycles. The molecule has 0 amide bonds. The summed E-state index contributed by atoms with van der Waals surface area (Å²) in [6.07, 6.45) is 0. The van der Waals surface area contributed by atoms with Crippen LogP contribution < -0.4 is 4.72 Å². The Morgan fingerprint density at radius 3 is 2.78 bits per heavy atom. The fourth-order valence-electron chi connectivity index (χ4n) is 1.15. The zero-order valence-electron chi connectivity index (χ0n) is 9.51. The van der Waals surface area contributed by atoms with Gasteiger partial charge in [-0.05, 0) is 19.1 Å². The highest BCUT2D eigenvalue weighted by molar-refractivity contribution is 7.93. The number of halogens is 1. The van der Waals surface area contributed by atoms with Crippen molar-refractivity contribution in [2.75, 3.05) is 17.1 Å². The van der Waals surface area contributed by atoms with Crippen LogP contribution in [0.1, 0.15) is 6.92 Å². The Balaban J connectivity index is 2.82. The number of benzene rings is 1. The average molecular weight is 277 g/mol. The lowest BCUT2D eigenvalue weighted by Gasteiger charge is -2.09. The molecule has 8 heteroatoms. The molecule has 0 heterocycles. The van der Waals surface area contributed by atoms with E-state index < -0.39 is 33.3 Å². The van der Waals surface area contributed by atoms with Gasteiger partial charge in [-0.3, -0.25) is 9.52 Å². The van der Waals surface area contributed by atoms with E-state index in [1.54, 1.807) is 0 Å². The summed E-state index contributed by atoms with van der Waals surface area (Å²) < 4.78 is 42.2. The molecule has 0 bridgehead atoms. The largest absolute Gasteiger partial charge is 0.506 e. The molecule has 0 aliphatic carbocycles. The first-order chi connectivity index (χ1) is 8.34. The molecule has 1 aromatic rings. The molecule has 0 spiro atoms. The van der Waals surface area contributed by atoms with Crippen LogP contribution in [0.4, 0.5) is 10.1 Å². The summed E-state index contributed by atoms with van der Waals surface area (Å²) in [6.45, 7) is 1.59. The smallest absolute Gasteiger partial charge is 0.323 e. The van der Waals surface area contributed by atoms with Gasteiger partial charge in [0, 0.05) is 6.07 Å². The summed E-state index contributed by atoms with van der Waals surface area (Å²) in [5.41, 5.74) is -0.334. The molecule has 0 radical (unpaired) electrons. The zero-order valence-corrected chi connectivity index (χ0v) is 10.3. The number of ether oxygens (including phenoxy) is 1. The highest BCUT2D eigenvalue weighted by atomic mass is 32.2. The highest BCUT2D eigenvalue weighted by Gasteiger charge is 2.19. The van der Waals surface area contributed by atoms with E-state index in [1.807, 2.05) is 4.72 Å². The summed E-state index contributed by atoms with van der Waals surface area (Å²) >= 11 is 0. The molecule has 6 nitrogen and oxygen atoms in total. The van der Waals surface area contributed by atoms with Crippen molar-refractivity contribution in [3.05, 3.63) is 24.0 Å². The molecule has 1 aromatic carbocycles. The lowest BCUT2D eigenvalue weighted by atomic mass is 10.3. The van der Waals surface area contributed by atoms with E-state index in [9.17, 15) is 22.7 Å². The first-order valence-corrected chi connectivity index (χ1v) is 6.64. The van der Waals surface area contributed by atoms with E-state index in [4.69, 9.17) is 0 Å². The van der Waals surface area contributed by atoms with E-state index in [-0.39, 0.29) is 12.3 Å². The van der Waals surface area contributed by atoms with Gasteiger partial charge < -0.3 is 9.84 Å². The topological polar surface area (TPSA) is 92.7 Å². The molecule has 18 heavy (non-hydrogen) atoms. The van der Waals surface area contributed by atoms with E-state index in [0.717, 1.165) is 18.2 Å². The monoisotopic (exact) mass is 277 g/mol. The van der Waals surface area contributed by atoms with Gasteiger partial charge in [0.25, 0.3) is 0 Å². The molecule has 0 saturated heterocycles. The number of carbonyl (C=O) groups excluding carboxylic acids is 1. The molecule has 0 aromatic heterocycles. The third-order valence-corrected chi connectivity index (χ3v) is 2.98. The van der Waals surface area contributed by atoms with Gasteiger partial charge in [-0.2, -0.15) is 0 Å². The van der Waals surface area contributed by atoms with E-state index in [0.29, 0.717) is 0 Å². The minimum atomic E-state index is -4.05. The second kappa shape index (κ2) is 5.67. The summed E-state index contributed by atoms with van der Waals surface area (Å²) in [6, 6.07) is 2.77. The Labute approximate surface area is 103 Å². The van der Waals surface area contributed by atoms with Gasteiger partial charge in [0.15, 0.2) is 5.75 Å². The van der Waals surface area contributed by atoms with Crippen molar-refractivity contribution < 1.29 is 27.4 Å². The Morgan fingerprint density at radius 2 is 2.17 bits per heavy atom. The highest BCUT2D eigenvalue weighted by Crippen LogP contribution is 2.24. The van der Waals surface area contributed by atoms with Crippen molar-refractivity contribution in [3.8, 4) is 5.75 Å². The number of nitrogens with one attached hydrogen (secondary N) is 1. The lowest BCUT2D eigenvalue weighted by molar-refractivity contribution is -0.139. The zero-order chi connectivity index (χ0) is 13.8. The third kappa shape index (κ3) is 4.21. The van der Waals surface area contributed by atoms with E-state index in [2.05, 4.69) is 4.74 Å². The van der Waals surface area contributed by atoms with Crippen LogP contribution in [0.3, 0.4) is 0 Å². The second-order valence-electron chi connectivity index (χ2n) is 3.33. The normalized spacial score (nSPS) is 11.0. The Morgan fingerprint density at radius 1 is 1.50 bits per heavy atom. The number of phenolic OH excluding ortho intramolecular Hbond substituents is 1. The summed E-state index contributed by atoms with van der Waals surface area (Å²) in [5, 5.41) is 9.33. The van der Waals surface area contributed by atoms with Crippen LogP contribution in [-0.2, 0) is 19.6 Å². The summed E-state index contributed by atoms with van der Waals surface area (Å²) in [5.74, 6) is -3.00. The van der Waals surface area contributed by atoms with Gasteiger partial charge in [-0.1, -0.05) is 0 Å². The van der Waals surface area contributed by atoms with Crippen molar-refractivity contribution in [2.45, 2.75) is 6.92 Å². The molecule has 0 saturated carbocycles. The number of phenols is 1. The SMILES string of the molecule is CCOC(=O)CS(=O)(=O)Nc1cc(F)ccc1O. The number of carbonyl (C=O) groups is 1. The van der Waals surface area contributed by atoms with Gasteiger partial charge in [-0.25, -0.2) is 12.8 Å². The van der Waals surface area contributed by atoms with Crippen LogP contribution >= 0.6 is 0 Å². The van der Waals surface area contributed by atoms with Crippen molar-refractivity contribution >= 4 is 21.7 Å². The average Bonchev–Trinajstić information content (AvgIpc) is 2.22. The molecule has 1 rings (SSSR count). The molecule has 0 atom stereocenters. The van der Waals surface area contributed by atoms with Crippen molar-refractivity contribution in [3.63, 3.8) is 0 Å². The number of hydrogen-bond donors (Lipinski definition) is 2. The maximum absolute atomic E-state index is 12.9. The molecule has 0 unspecified atom stereocenters. The minimum Gasteiger partial charge on any atom is -0.506 e. The van der Waals surface area contributed by atoms with E-state index in [1.165, 1.54) is 6.92 Å². The van der Waals surface area contributed by atoms with Crippen LogP contribution in [0.5, 0.6) is 5.75 Å². The Kier molecular flexibility index (Phi) is 4.49. The quantitative estimate of drug-likeness (QED) is 0.614. The maximum Gasteiger partial charge on any atom is 0.323 e. The third-order valence-electron chi connectivity index (χ3n) is 1.84. The minimum absolute atomic E-state index is 0.0551. The lowest BCUT2D eigenvalue weighted by Crippen LogP contribution is -2.24. The number of esters is 1. The van der Waals surface area contributed by atoms with Crippen molar-refractivity contribution in [2.24, 2.45) is 0 Å². The van der Waals surface area contributed by atoms with E-state index >= 15 is 0 Å². The van der Waals surface area contributed by atoms with Gasteiger partial charge in [-0.15, -0.1) is 0 Å². The standard InChI is InChI=1S/C10H12FNO5S/c1-2-17-10(14)6-18(15,16)12-8-5-7(11)3-4-9(8)13/h3-5,12-13H,2,6H2,1H3. The second-order valence-corrected chi connectivity index (χ2v) is 5.05. The molecule has 100 valence electrons. The number of anilines is 1. The van der Waals surface area contributed by atoms with Gasteiger partial charge in [0.1, 0.15) is 11.6 Å². The predicted octanol–water partition coefficient (Wildman–Crippen LogP) is 0.836. The first-order valence-electron chi connectivity index (χ1n) is 4.98. The Hall–Kier alpha value is -1.83. The Bertz CT molecular complexity index is 543.